The van der Waals surface area contributed by atoms with Crippen LogP contribution in [0, 0.1) is 0 Å². The van der Waals surface area contributed by atoms with Crippen molar-refractivity contribution in [1.29, 1.82) is 0 Å². The molecule has 0 amide bonds. The predicted octanol–water partition coefficient (Wildman–Crippen LogP) is 1.42. The fraction of sp³-hybridized carbons (Fsp3) is 0.692. The Labute approximate surface area is 118 Å². The minimum Gasteiger partial charge on any atom is -0.469 e. The van der Waals surface area contributed by atoms with Gasteiger partial charge in [-0.3, -0.25) is 4.79 Å². The number of nitrogens with zero attached hydrogens (tertiary/aromatic N) is 1. The molecule has 5 nitrogen and oxygen atoms in total. The Morgan fingerprint density at radius 2 is 2.32 bits per heavy atom. The van der Waals surface area contributed by atoms with Crippen LogP contribution in [0.3, 0.4) is 0 Å². The second-order valence-corrected chi connectivity index (χ2v) is 4.98. The van der Waals surface area contributed by atoms with Crippen LogP contribution in [-0.2, 0) is 27.1 Å². The third-order valence-electron chi connectivity index (χ3n) is 2.51. The van der Waals surface area contributed by atoms with E-state index < -0.39 is 0 Å². The number of esters is 1. The fourth-order valence-corrected chi connectivity index (χ4v) is 2.33. The Morgan fingerprint density at radius 3 is 3.05 bits per heavy atom. The van der Waals surface area contributed by atoms with Crippen molar-refractivity contribution in [2.75, 3.05) is 33.4 Å². The van der Waals surface area contributed by atoms with Crippen molar-refractivity contribution in [3.63, 3.8) is 0 Å². The Hall–Kier alpha value is -0.980. The van der Waals surface area contributed by atoms with E-state index >= 15 is 0 Å². The monoisotopic (exact) mass is 286 g/mol. The van der Waals surface area contributed by atoms with Crippen molar-refractivity contribution in [3.05, 3.63) is 16.1 Å². The molecule has 0 atom stereocenters. The van der Waals surface area contributed by atoms with Gasteiger partial charge in [-0.1, -0.05) is 0 Å². The van der Waals surface area contributed by atoms with Crippen molar-refractivity contribution in [2.24, 2.45) is 0 Å². The number of nitrogens with one attached hydrogen (secondary N) is 1. The van der Waals surface area contributed by atoms with E-state index in [0.717, 1.165) is 49.8 Å². The first kappa shape index (κ1) is 16.1. The minimum atomic E-state index is -0.245. The third kappa shape index (κ3) is 7.25. The number of methoxy groups -OCH3 is 1. The first-order valence-corrected chi connectivity index (χ1v) is 7.42. The molecule has 0 aromatic carbocycles. The maximum absolute atomic E-state index is 11.1. The predicted molar refractivity (Wildman–Crippen MR) is 75.5 cm³/mol. The molecule has 0 spiro atoms. The SMILES string of the molecule is CCOCCCNCCc1nc(CC(=O)OC)cs1. The summed E-state index contributed by atoms with van der Waals surface area (Å²) in [6, 6.07) is 0. The normalized spacial score (nSPS) is 10.6. The highest BCUT2D eigenvalue weighted by molar-refractivity contribution is 7.09. The molecule has 0 fully saturated rings. The number of ether oxygens (including phenoxy) is 2. The lowest BCUT2D eigenvalue weighted by atomic mass is 10.3. The summed E-state index contributed by atoms with van der Waals surface area (Å²) in [5.74, 6) is -0.245. The van der Waals surface area contributed by atoms with Crippen molar-refractivity contribution in [2.45, 2.75) is 26.2 Å². The van der Waals surface area contributed by atoms with Gasteiger partial charge >= 0.3 is 5.97 Å². The maximum atomic E-state index is 11.1. The molecule has 1 N–H and O–H groups in total. The van der Waals surface area contributed by atoms with Gasteiger partial charge in [0.15, 0.2) is 0 Å². The van der Waals surface area contributed by atoms with Gasteiger partial charge in [0.2, 0.25) is 0 Å². The third-order valence-corrected chi connectivity index (χ3v) is 3.47. The molecule has 0 aliphatic rings. The summed E-state index contributed by atoms with van der Waals surface area (Å²) in [7, 11) is 1.39. The zero-order valence-electron chi connectivity index (χ0n) is 11.6. The van der Waals surface area contributed by atoms with Crippen LogP contribution >= 0.6 is 11.3 Å². The van der Waals surface area contributed by atoms with Crippen LogP contribution in [0.25, 0.3) is 0 Å². The zero-order chi connectivity index (χ0) is 13.9. The van der Waals surface area contributed by atoms with E-state index in [-0.39, 0.29) is 12.4 Å². The average molecular weight is 286 g/mol. The first-order valence-electron chi connectivity index (χ1n) is 6.54. The number of carbonyl (C=O) groups excluding carboxylic acids is 1. The second-order valence-electron chi connectivity index (χ2n) is 4.04. The molecular weight excluding hydrogens is 264 g/mol. The second kappa shape index (κ2) is 9.89. The highest BCUT2D eigenvalue weighted by Crippen LogP contribution is 2.10. The zero-order valence-corrected chi connectivity index (χ0v) is 12.4. The Balaban J connectivity index is 2.11. The fourth-order valence-electron chi connectivity index (χ4n) is 1.53. The molecule has 0 bridgehead atoms. The molecular formula is C13H22N2O3S. The Morgan fingerprint density at radius 1 is 1.47 bits per heavy atom. The van der Waals surface area contributed by atoms with E-state index in [9.17, 15) is 4.79 Å². The first-order chi connectivity index (χ1) is 9.26. The average Bonchev–Trinajstić information content (AvgIpc) is 2.85. The van der Waals surface area contributed by atoms with E-state index in [1.165, 1.54) is 7.11 Å². The number of thiazole rings is 1. The van der Waals surface area contributed by atoms with Crippen LogP contribution in [0.5, 0.6) is 0 Å². The number of aromatic nitrogens is 1. The van der Waals surface area contributed by atoms with E-state index in [1.54, 1.807) is 11.3 Å². The lowest BCUT2D eigenvalue weighted by molar-refractivity contribution is -0.139. The van der Waals surface area contributed by atoms with Crippen molar-refractivity contribution >= 4 is 17.3 Å². The molecule has 1 aromatic heterocycles. The molecule has 0 radical (unpaired) electrons. The number of rotatable bonds is 10. The molecule has 1 heterocycles. The molecule has 1 rings (SSSR count). The number of hydrogen-bond donors (Lipinski definition) is 1. The van der Waals surface area contributed by atoms with Crippen molar-refractivity contribution in [1.82, 2.24) is 10.3 Å². The highest BCUT2D eigenvalue weighted by Gasteiger charge is 2.07. The minimum absolute atomic E-state index is 0.245. The van der Waals surface area contributed by atoms with E-state index in [0.29, 0.717) is 0 Å². The van der Waals surface area contributed by atoms with Crippen molar-refractivity contribution in [3.8, 4) is 0 Å². The topological polar surface area (TPSA) is 60.5 Å². The summed E-state index contributed by atoms with van der Waals surface area (Å²) >= 11 is 1.59. The van der Waals surface area contributed by atoms with Gasteiger partial charge in [-0.05, 0) is 19.9 Å². The van der Waals surface area contributed by atoms with Gasteiger partial charge in [-0.2, -0.15) is 0 Å². The molecule has 0 aliphatic carbocycles. The maximum Gasteiger partial charge on any atom is 0.311 e. The summed E-state index contributed by atoms with van der Waals surface area (Å²) in [4.78, 5) is 15.5. The van der Waals surface area contributed by atoms with Gasteiger partial charge in [-0.15, -0.1) is 11.3 Å². The summed E-state index contributed by atoms with van der Waals surface area (Å²) in [6.07, 6.45) is 2.18. The molecule has 19 heavy (non-hydrogen) atoms. The van der Waals surface area contributed by atoms with Crippen LogP contribution in [0.2, 0.25) is 0 Å². The van der Waals surface area contributed by atoms with Crippen LogP contribution in [0.4, 0.5) is 0 Å². The van der Waals surface area contributed by atoms with Crippen molar-refractivity contribution < 1.29 is 14.3 Å². The van der Waals surface area contributed by atoms with Gasteiger partial charge in [-0.25, -0.2) is 4.98 Å². The molecule has 0 saturated heterocycles. The van der Waals surface area contributed by atoms with Gasteiger partial charge in [0, 0.05) is 31.6 Å². The lowest BCUT2D eigenvalue weighted by Crippen LogP contribution is -2.19. The Kier molecular flexibility index (Phi) is 8.36. The van der Waals surface area contributed by atoms with Gasteiger partial charge in [0.05, 0.1) is 24.2 Å². The summed E-state index contributed by atoms with van der Waals surface area (Å²) in [5.41, 5.74) is 0.795. The van der Waals surface area contributed by atoms with Gasteiger partial charge in [0.1, 0.15) is 0 Å². The van der Waals surface area contributed by atoms with Gasteiger partial charge < -0.3 is 14.8 Å². The molecule has 0 unspecified atom stereocenters. The van der Waals surface area contributed by atoms with E-state index in [4.69, 9.17) is 4.74 Å². The van der Waals surface area contributed by atoms with E-state index in [1.807, 2.05) is 12.3 Å². The standard InChI is InChI=1S/C13H22N2O3S/c1-3-18-8-4-6-14-7-5-12-15-11(10-19-12)9-13(16)17-2/h10,14H,3-9H2,1-2H3. The molecule has 6 heteroatoms. The van der Waals surface area contributed by atoms with Crippen LogP contribution < -0.4 is 5.32 Å². The molecule has 108 valence electrons. The van der Waals surface area contributed by atoms with Crippen LogP contribution in [0.15, 0.2) is 5.38 Å². The van der Waals surface area contributed by atoms with Gasteiger partial charge in [0.25, 0.3) is 0 Å². The lowest BCUT2D eigenvalue weighted by Gasteiger charge is -2.03. The number of hydrogen-bond acceptors (Lipinski definition) is 6. The Bertz CT molecular complexity index is 369. The largest absolute Gasteiger partial charge is 0.469 e. The summed E-state index contributed by atoms with van der Waals surface area (Å²) in [5, 5.41) is 6.32. The highest BCUT2D eigenvalue weighted by atomic mass is 32.1. The van der Waals surface area contributed by atoms with Crippen LogP contribution in [0.1, 0.15) is 24.0 Å². The van der Waals surface area contributed by atoms with Crippen LogP contribution in [-0.4, -0.2) is 44.4 Å². The smallest absolute Gasteiger partial charge is 0.311 e. The summed E-state index contributed by atoms with van der Waals surface area (Å²) in [6.45, 7) is 5.45. The molecule has 1 aromatic rings. The summed E-state index contributed by atoms with van der Waals surface area (Å²) < 4.78 is 9.87. The molecule has 0 saturated carbocycles. The number of carbonyl (C=O) groups is 1. The quantitative estimate of drug-likeness (QED) is 0.520. The molecule has 0 aliphatic heterocycles. The van der Waals surface area contributed by atoms with E-state index in [2.05, 4.69) is 15.0 Å².